The van der Waals surface area contributed by atoms with Crippen molar-refractivity contribution in [2.45, 2.75) is 157 Å². The molecule has 1 aromatic heterocycles. The molecule has 9 aromatic rings. The van der Waals surface area contributed by atoms with Gasteiger partial charge in [-0.2, -0.15) is 0 Å². The number of ether oxygens (including phenoxy) is 6. The molecule has 11 fully saturated rings. The number of carbonyl (C=O) groups is 4. The van der Waals surface area contributed by atoms with Gasteiger partial charge in [0.25, 0.3) is 0 Å². The largest absolute Gasteiger partial charge is 0.395 e. The number of methoxy groups -OCH3 is 3. The van der Waals surface area contributed by atoms with Gasteiger partial charge in [-0.3, -0.25) is 58.5 Å². The summed E-state index contributed by atoms with van der Waals surface area (Å²) in [5, 5.41) is 10.2. The first-order chi connectivity index (χ1) is 68.1. The molecule has 740 valence electrons. The van der Waals surface area contributed by atoms with Crippen LogP contribution in [-0.4, -0.2) is 361 Å². The Morgan fingerprint density at radius 3 is 0.820 bits per heavy atom. The molecule has 11 aliphatic rings. The Bertz CT molecular complexity index is 5250. The number of rotatable bonds is 23. The fourth-order valence-corrected chi connectivity index (χ4v) is 24.2. The summed E-state index contributed by atoms with van der Waals surface area (Å²) >= 11 is 0. The Hall–Kier alpha value is -9.77. The van der Waals surface area contributed by atoms with Crippen molar-refractivity contribution in [2.75, 3.05) is 225 Å². The van der Waals surface area contributed by atoms with E-state index in [1.807, 2.05) is 18.2 Å². The summed E-state index contributed by atoms with van der Waals surface area (Å²) in [5.41, 5.74) is 21.4. The first-order valence-corrected chi connectivity index (χ1v) is 51.8. The van der Waals surface area contributed by atoms with Gasteiger partial charge in [-0.25, -0.2) is 0 Å². The zero-order valence-corrected chi connectivity index (χ0v) is 83.4. The first-order valence-electron chi connectivity index (χ1n) is 51.8. The zero-order chi connectivity index (χ0) is 96.1. The number of aliphatic hydroxyl groups is 1. The lowest BCUT2D eigenvalue weighted by Gasteiger charge is -2.57. The molecule has 20 rings (SSSR count). The average Bonchev–Trinajstić information content (AvgIpc) is 0.710. The molecule has 12 atom stereocenters. The normalized spacial score (nSPS) is 25.2. The molecule has 0 radical (unpaired) electrons. The summed E-state index contributed by atoms with van der Waals surface area (Å²) in [6.45, 7) is 32.5. The van der Waals surface area contributed by atoms with Crippen molar-refractivity contribution in [3.05, 3.63) is 269 Å². The minimum absolute atomic E-state index is 0.128. The van der Waals surface area contributed by atoms with Crippen LogP contribution in [0.4, 0.5) is 0 Å². The molecule has 8 aromatic carbocycles. The molecule has 4 amide bonds. The van der Waals surface area contributed by atoms with E-state index in [1.54, 1.807) is 27.5 Å². The molecule has 0 spiro atoms. The number of fused-ring (bicyclic) bond motifs is 4. The number of nitrogens with zero attached hydrogens (tertiary/aromatic N) is 12. The Kier molecular flexibility index (Phi) is 35.7. The van der Waals surface area contributed by atoms with Crippen molar-refractivity contribution in [3.63, 3.8) is 0 Å². The van der Waals surface area contributed by atoms with Gasteiger partial charge < -0.3 is 53.1 Å². The minimum Gasteiger partial charge on any atom is -0.395 e. The molecule has 23 heteroatoms. The van der Waals surface area contributed by atoms with Gasteiger partial charge in [0.05, 0.1) is 92.1 Å². The number of aromatic nitrogens is 1. The molecule has 12 heterocycles. The smallest absolute Gasteiger partial charge is 0.236 e. The monoisotopic (exact) mass is 1890 g/mol. The fraction of sp³-hybridized carbons (Fsp3) is 0.509. The number of hydrogen-bond donors (Lipinski definition) is 1. The van der Waals surface area contributed by atoms with Crippen LogP contribution in [0.5, 0.6) is 0 Å². The average molecular weight is 1890 g/mol. The topological polar surface area (TPSA) is 192 Å². The molecule has 139 heavy (non-hydrogen) atoms. The molecular formula is C116H150N12O11. The van der Waals surface area contributed by atoms with Crippen LogP contribution in [0.25, 0.3) is 44.5 Å². The lowest BCUT2D eigenvalue weighted by atomic mass is 9.74. The molecule has 0 saturated carbocycles. The van der Waals surface area contributed by atoms with E-state index in [0.717, 1.165) is 215 Å². The maximum Gasteiger partial charge on any atom is 0.236 e. The predicted octanol–water partition coefficient (Wildman–Crippen LogP) is 14.2. The Morgan fingerprint density at radius 2 is 0.561 bits per heavy atom. The zero-order valence-electron chi connectivity index (χ0n) is 83.4. The number of aryl methyl sites for hydroxylation is 4. The van der Waals surface area contributed by atoms with Gasteiger partial charge in [-0.1, -0.05) is 200 Å². The third-order valence-electron chi connectivity index (χ3n) is 31.8. The lowest BCUT2D eigenvalue weighted by Crippen LogP contribution is -2.68. The highest BCUT2D eigenvalue weighted by Crippen LogP contribution is 2.48. The van der Waals surface area contributed by atoms with Crippen LogP contribution >= 0.6 is 0 Å². The van der Waals surface area contributed by atoms with Crippen LogP contribution in [0, 0.1) is 27.7 Å². The van der Waals surface area contributed by atoms with Crippen LogP contribution in [0.3, 0.4) is 0 Å². The fourth-order valence-electron chi connectivity index (χ4n) is 24.2. The second-order valence-electron chi connectivity index (χ2n) is 40.2. The summed E-state index contributed by atoms with van der Waals surface area (Å²) in [4.78, 5) is 82.7. The number of morpholine rings is 3. The van der Waals surface area contributed by atoms with Crippen molar-refractivity contribution in [3.8, 4) is 44.5 Å². The number of aliphatic hydroxyl groups excluding tert-OH is 1. The Labute approximate surface area is 826 Å². The van der Waals surface area contributed by atoms with Crippen LogP contribution < -0.4 is 0 Å². The van der Waals surface area contributed by atoms with Crippen molar-refractivity contribution in [2.24, 2.45) is 0 Å². The van der Waals surface area contributed by atoms with E-state index in [1.165, 1.54) is 89.0 Å². The minimum atomic E-state index is 0.128. The quantitative estimate of drug-likeness (QED) is 0.0635. The van der Waals surface area contributed by atoms with Gasteiger partial charge in [0.1, 0.15) is 0 Å². The van der Waals surface area contributed by atoms with Crippen molar-refractivity contribution >= 4 is 23.6 Å². The summed E-state index contributed by atoms with van der Waals surface area (Å²) < 4.78 is 33.3. The highest BCUT2D eigenvalue weighted by Gasteiger charge is 2.54. The maximum atomic E-state index is 13.3. The van der Waals surface area contributed by atoms with E-state index >= 15 is 0 Å². The number of benzene rings is 8. The van der Waals surface area contributed by atoms with E-state index in [-0.39, 0.29) is 48.2 Å². The second-order valence-corrected chi connectivity index (χ2v) is 40.2. The van der Waals surface area contributed by atoms with E-state index in [0.29, 0.717) is 99.9 Å². The van der Waals surface area contributed by atoms with E-state index in [9.17, 15) is 24.3 Å². The number of hydrogen-bond acceptors (Lipinski definition) is 19. The van der Waals surface area contributed by atoms with Crippen molar-refractivity contribution in [1.29, 1.82) is 0 Å². The van der Waals surface area contributed by atoms with E-state index in [2.05, 4.69) is 281 Å². The molecule has 0 aliphatic carbocycles. The highest BCUT2D eigenvalue weighted by atomic mass is 16.5. The molecular weight excluding hydrogens is 1740 g/mol. The maximum absolute atomic E-state index is 13.3. The van der Waals surface area contributed by atoms with E-state index in [4.69, 9.17) is 28.4 Å². The van der Waals surface area contributed by atoms with Gasteiger partial charge in [-0.15, -0.1) is 0 Å². The van der Waals surface area contributed by atoms with Crippen LogP contribution in [-0.2, 0) is 54.0 Å². The van der Waals surface area contributed by atoms with Gasteiger partial charge in [-0.05, 0) is 206 Å². The molecule has 23 nitrogen and oxygen atoms in total. The first kappa shape index (κ1) is 101. The van der Waals surface area contributed by atoms with Gasteiger partial charge in [0.2, 0.25) is 23.6 Å². The molecule has 0 bridgehead atoms. The summed E-state index contributed by atoms with van der Waals surface area (Å²) in [6, 6.07) is 78.5. The van der Waals surface area contributed by atoms with E-state index < -0.39 is 0 Å². The number of carbonyl (C=O) groups excluding carboxylic acids is 4. The van der Waals surface area contributed by atoms with Crippen molar-refractivity contribution < 1.29 is 52.7 Å². The number of pyridine rings is 1. The molecule has 11 aliphatic heterocycles. The summed E-state index contributed by atoms with van der Waals surface area (Å²) in [6.07, 6.45) is 10.7. The summed E-state index contributed by atoms with van der Waals surface area (Å²) in [7, 11) is 5.39. The third kappa shape index (κ3) is 24.4. The van der Waals surface area contributed by atoms with Crippen LogP contribution in [0.15, 0.2) is 219 Å². The Balaban J connectivity index is 0.000000128. The highest BCUT2D eigenvalue weighted by molar-refractivity contribution is 5.81. The van der Waals surface area contributed by atoms with Crippen molar-refractivity contribution in [1.82, 2.24) is 58.9 Å². The molecule has 1 N–H and O–H groups in total. The predicted molar refractivity (Wildman–Crippen MR) is 550 cm³/mol. The van der Waals surface area contributed by atoms with Crippen LogP contribution in [0.1, 0.15) is 125 Å². The number of amides is 4. The van der Waals surface area contributed by atoms with Gasteiger partial charge in [0.15, 0.2) is 0 Å². The van der Waals surface area contributed by atoms with Gasteiger partial charge in [0, 0.05) is 197 Å². The molecule has 11 saturated heterocycles. The Morgan fingerprint density at radius 1 is 0.309 bits per heavy atom. The van der Waals surface area contributed by atoms with Gasteiger partial charge >= 0.3 is 0 Å². The van der Waals surface area contributed by atoms with Crippen LogP contribution in [0.2, 0.25) is 0 Å². The second kappa shape index (κ2) is 49.3. The lowest BCUT2D eigenvalue weighted by molar-refractivity contribution is -0.139. The third-order valence-corrected chi connectivity index (χ3v) is 31.8. The SMILES string of the molecule is COC[C@@H]1[C@@H](c2ccc(-c3ccccc3C)cc2)[C@@H]2CN(C(=O)CN3CCOCC3)CCCCN12.COC[C@@H]1[C@@H](c2ccc(-c3ccccc3C)cc2)[C@@H]2CN(C(=O)Cc3ccccn3)CCCCN12.COC[C@@H]1[C@H](c2ccc(-c3ccccc3C)cc2)[C@@H]2CN(C(=O)CN3CCOCC3)CCCCN12.Cc1ccccc1-c1ccc([C@@H]2[C@@H](CO)N3CCCCN(C(=O)CN4CCOCC4)C[C@@H]23)cc1. The standard InChI is InChI=1S/C30H35N3O2.2C29H39N3O3.C28H37N3O3/c1-22-9-3-4-11-26(22)23-12-14-24(15-13-23)30-27-20-32(29(34)19-25-10-5-6-16-31-25)17-7-8-18-33(27)28(30)21-35-2;2*1-22-7-3-4-8-25(22)23-9-11-24(12-10-23)29-26-19-31(28(33)20-30-15-17-35-18-16-30)13-5-6-14-32(26)27(29)21-34-2;1-21-6-2-3-7-24(21)22-8-10-23(11-9-22)28-25-18-30(12-4-5-13-31(25)26(28)20-32)27(33)19-29-14-16-34-17-15-29/h3-6,9-16,27-28,30H,7-8,17-21H2,1-2H3;2*3-4,7-12,26-27,29H,5-6,13-21H2,1-2H3;2-3,6-11,25-26,28,32H,4-5,12-20H2,1H3/t27-,28+,30-;26-,27+,29+;26-,27+,29-;25-,26+,28-/m0000/s1. The summed E-state index contributed by atoms with van der Waals surface area (Å²) in [5.74, 6) is 2.27. The molecule has 0 unspecified atom stereocenters.